The van der Waals surface area contributed by atoms with Crippen LogP contribution in [-0.2, 0) is 4.79 Å². The van der Waals surface area contributed by atoms with Gasteiger partial charge >= 0.3 is 0 Å². The summed E-state index contributed by atoms with van der Waals surface area (Å²) in [5.74, 6) is 0.662. The van der Waals surface area contributed by atoms with Gasteiger partial charge in [-0.25, -0.2) is 0 Å². The molecule has 0 saturated carbocycles. The standard InChI is InChI=1S/C22H22ClN3O2S/c23-19-7-3-1-5-15(19)17(18-13-24-20-8-4-2-6-16(18)20)14-25-21(27)9-10-26-11-12-29-22(26)28/h1-8,13,17,24H,9-12,14H2,(H,25,27). The van der Waals surface area contributed by atoms with Gasteiger partial charge in [0.15, 0.2) is 0 Å². The molecule has 2 N–H and O–H groups in total. The lowest BCUT2D eigenvalue weighted by atomic mass is 9.90. The Morgan fingerprint density at radius 1 is 1.17 bits per heavy atom. The van der Waals surface area contributed by atoms with Crippen molar-refractivity contribution in [2.24, 2.45) is 0 Å². The molecule has 2 amide bonds. The van der Waals surface area contributed by atoms with Gasteiger partial charge in [0.1, 0.15) is 0 Å². The van der Waals surface area contributed by atoms with Gasteiger partial charge in [-0.05, 0) is 23.3 Å². The number of nitrogens with zero attached hydrogens (tertiary/aromatic N) is 1. The van der Waals surface area contributed by atoms with E-state index in [0.717, 1.165) is 27.8 Å². The number of benzene rings is 2. The second kappa shape index (κ2) is 8.93. The predicted molar refractivity (Wildman–Crippen MR) is 119 cm³/mol. The highest BCUT2D eigenvalue weighted by atomic mass is 35.5. The maximum Gasteiger partial charge on any atom is 0.281 e. The van der Waals surface area contributed by atoms with Crippen LogP contribution in [0.1, 0.15) is 23.5 Å². The van der Waals surface area contributed by atoms with Crippen molar-refractivity contribution in [3.63, 3.8) is 0 Å². The fourth-order valence-electron chi connectivity index (χ4n) is 3.70. The van der Waals surface area contributed by atoms with E-state index in [1.54, 1.807) is 4.90 Å². The molecule has 1 aromatic heterocycles. The third-order valence-electron chi connectivity index (χ3n) is 5.23. The van der Waals surface area contributed by atoms with Crippen molar-refractivity contribution in [2.75, 3.05) is 25.4 Å². The first-order valence-corrected chi connectivity index (χ1v) is 11.0. The van der Waals surface area contributed by atoms with E-state index in [-0.39, 0.29) is 17.1 Å². The van der Waals surface area contributed by atoms with Gasteiger partial charge in [0.25, 0.3) is 5.24 Å². The molecule has 0 bridgehead atoms. The number of para-hydroxylation sites is 1. The molecule has 1 saturated heterocycles. The lowest BCUT2D eigenvalue weighted by Crippen LogP contribution is -2.33. The maximum atomic E-state index is 12.5. The average Bonchev–Trinajstić information content (AvgIpc) is 3.34. The van der Waals surface area contributed by atoms with Crippen LogP contribution in [0.4, 0.5) is 4.79 Å². The van der Waals surface area contributed by atoms with Crippen LogP contribution in [-0.4, -0.2) is 46.4 Å². The minimum absolute atomic E-state index is 0.0607. The molecule has 3 aromatic rings. The molecule has 150 valence electrons. The van der Waals surface area contributed by atoms with Gasteiger partial charge in [-0.3, -0.25) is 9.59 Å². The van der Waals surface area contributed by atoms with Crippen LogP contribution >= 0.6 is 23.4 Å². The van der Waals surface area contributed by atoms with E-state index in [1.165, 1.54) is 11.8 Å². The minimum Gasteiger partial charge on any atom is -0.361 e. The van der Waals surface area contributed by atoms with E-state index in [9.17, 15) is 9.59 Å². The number of fused-ring (bicyclic) bond motifs is 1. The summed E-state index contributed by atoms with van der Waals surface area (Å²) in [4.78, 5) is 29.2. The Kier molecular flexibility index (Phi) is 6.11. The smallest absolute Gasteiger partial charge is 0.281 e. The van der Waals surface area contributed by atoms with Gasteiger partial charge in [-0.2, -0.15) is 0 Å². The molecule has 0 radical (unpaired) electrons. The number of halogens is 1. The highest BCUT2D eigenvalue weighted by Crippen LogP contribution is 2.34. The van der Waals surface area contributed by atoms with Crippen molar-refractivity contribution in [3.8, 4) is 0 Å². The minimum atomic E-state index is -0.0761. The number of aromatic nitrogens is 1. The zero-order chi connectivity index (χ0) is 20.2. The van der Waals surface area contributed by atoms with E-state index in [4.69, 9.17) is 11.6 Å². The number of H-pyrrole nitrogens is 1. The SMILES string of the molecule is O=C(CCN1CCSC1=O)NCC(c1ccccc1Cl)c1c[nH]c2ccccc12. The molecule has 4 rings (SSSR count). The highest BCUT2D eigenvalue weighted by molar-refractivity contribution is 8.13. The molecular formula is C22H22ClN3O2S. The molecule has 2 heterocycles. The zero-order valence-electron chi connectivity index (χ0n) is 15.9. The van der Waals surface area contributed by atoms with Gasteiger partial charge < -0.3 is 15.2 Å². The Morgan fingerprint density at radius 2 is 1.97 bits per heavy atom. The van der Waals surface area contributed by atoms with E-state index >= 15 is 0 Å². The molecule has 5 nitrogen and oxygen atoms in total. The van der Waals surface area contributed by atoms with Crippen LogP contribution in [0, 0.1) is 0 Å². The summed E-state index contributed by atoms with van der Waals surface area (Å²) in [5, 5.41) is 4.90. The summed E-state index contributed by atoms with van der Waals surface area (Å²) in [5.41, 5.74) is 3.13. The van der Waals surface area contributed by atoms with Gasteiger partial charge in [-0.1, -0.05) is 59.8 Å². The Balaban J connectivity index is 1.51. The molecule has 7 heteroatoms. The van der Waals surface area contributed by atoms with E-state index in [0.29, 0.717) is 31.1 Å². The van der Waals surface area contributed by atoms with E-state index in [1.807, 2.05) is 48.7 Å². The first-order chi connectivity index (χ1) is 14.1. The maximum absolute atomic E-state index is 12.5. The third kappa shape index (κ3) is 4.43. The zero-order valence-corrected chi connectivity index (χ0v) is 17.4. The van der Waals surface area contributed by atoms with Crippen molar-refractivity contribution >= 4 is 45.4 Å². The number of hydrogen-bond acceptors (Lipinski definition) is 3. The molecular weight excluding hydrogens is 406 g/mol. The summed E-state index contributed by atoms with van der Waals surface area (Å²) in [6, 6.07) is 15.8. The molecule has 1 aliphatic rings. The van der Waals surface area contributed by atoms with Crippen LogP contribution in [0.15, 0.2) is 54.7 Å². The number of carbonyl (C=O) groups is 2. The number of carbonyl (C=O) groups excluding carboxylic acids is 2. The predicted octanol–water partition coefficient (Wildman–Crippen LogP) is 4.63. The normalized spacial score (nSPS) is 15.1. The average molecular weight is 428 g/mol. The number of amides is 2. The topological polar surface area (TPSA) is 65.2 Å². The van der Waals surface area contributed by atoms with Crippen molar-refractivity contribution in [1.29, 1.82) is 0 Å². The lowest BCUT2D eigenvalue weighted by Gasteiger charge is -2.20. The molecule has 29 heavy (non-hydrogen) atoms. The fourth-order valence-corrected chi connectivity index (χ4v) is 4.82. The number of aromatic amines is 1. The van der Waals surface area contributed by atoms with Crippen molar-refractivity contribution in [2.45, 2.75) is 12.3 Å². The molecule has 1 fully saturated rings. The summed E-state index contributed by atoms with van der Waals surface area (Å²) < 4.78 is 0. The molecule has 2 aromatic carbocycles. The number of thioether (sulfide) groups is 1. The number of rotatable bonds is 7. The number of nitrogens with one attached hydrogen (secondary N) is 2. The van der Waals surface area contributed by atoms with Crippen LogP contribution in [0.2, 0.25) is 5.02 Å². The van der Waals surface area contributed by atoms with Gasteiger partial charge in [0.05, 0.1) is 0 Å². The largest absolute Gasteiger partial charge is 0.361 e. The molecule has 0 aliphatic carbocycles. The molecule has 1 atom stereocenters. The second-order valence-electron chi connectivity index (χ2n) is 7.02. The first-order valence-electron chi connectivity index (χ1n) is 9.62. The lowest BCUT2D eigenvalue weighted by molar-refractivity contribution is -0.121. The van der Waals surface area contributed by atoms with E-state index < -0.39 is 0 Å². The first kappa shape index (κ1) is 19.9. The third-order valence-corrected chi connectivity index (χ3v) is 6.47. The van der Waals surface area contributed by atoms with E-state index in [2.05, 4.69) is 16.4 Å². The van der Waals surface area contributed by atoms with Gasteiger partial charge in [0.2, 0.25) is 5.91 Å². The van der Waals surface area contributed by atoms with Crippen molar-refractivity contribution in [3.05, 3.63) is 70.9 Å². The summed E-state index contributed by atoms with van der Waals surface area (Å²) >= 11 is 7.81. The summed E-state index contributed by atoms with van der Waals surface area (Å²) in [6.07, 6.45) is 2.29. The summed E-state index contributed by atoms with van der Waals surface area (Å²) in [6.45, 7) is 1.61. The Bertz CT molecular complexity index is 1040. The van der Waals surface area contributed by atoms with Gasteiger partial charge in [0, 0.05) is 59.8 Å². The Morgan fingerprint density at radius 3 is 2.76 bits per heavy atom. The van der Waals surface area contributed by atoms with Crippen molar-refractivity contribution in [1.82, 2.24) is 15.2 Å². The number of hydrogen-bond donors (Lipinski definition) is 2. The Labute approximate surface area is 178 Å². The van der Waals surface area contributed by atoms with Crippen LogP contribution in [0.3, 0.4) is 0 Å². The quantitative estimate of drug-likeness (QED) is 0.577. The fraction of sp³-hybridized carbons (Fsp3) is 0.273. The monoisotopic (exact) mass is 427 g/mol. The molecule has 0 spiro atoms. The Hall–Kier alpha value is -2.44. The molecule has 1 unspecified atom stereocenters. The summed E-state index contributed by atoms with van der Waals surface area (Å²) in [7, 11) is 0. The molecule has 1 aliphatic heterocycles. The van der Waals surface area contributed by atoms with Gasteiger partial charge in [-0.15, -0.1) is 0 Å². The van der Waals surface area contributed by atoms with Crippen LogP contribution < -0.4 is 5.32 Å². The van der Waals surface area contributed by atoms with Crippen molar-refractivity contribution < 1.29 is 9.59 Å². The second-order valence-corrected chi connectivity index (χ2v) is 8.47. The van der Waals surface area contributed by atoms with Crippen LogP contribution in [0.5, 0.6) is 0 Å². The van der Waals surface area contributed by atoms with Crippen LogP contribution in [0.25, 0.3) is 10.9 Å². The highest BCUT2D eigenvalue weighted by Gasteiger charge is 2.23.